The number of hydrogen-bond donors (Lipinski definition) is 1. The molecule has 0 aliphatic carbocycles. The number of nitrogens with zero attached hydrogens (tertiary/aromatic N) is 3. The number of ether oxygens (including phenoxy) is 1. The van der Waals surface area contributed by atoms with Crippen LogP contribution >= 0.6 is 0 Å². The Morgan fingerprint density at radius 3 is 2.87 bits per heavy atom. The van der Waals surface area contributed by atoms with Crippen molar-refractivity contribution in [1.29, 1.82) is 0 Å². The van der Waals surface area contributed by atoms with Gasteiger partial charge in [0, 0.05) is 18.4 Å². The van der Waals surface area contributed by atoms with Crippen LogP contribution < -0.4 is 4.74 Å². The zero-order valence-electron chi connectivity index (χ0n) is 14.0. The van der Waals surface area contributed by atoms with Crippen LogP contribution in [0.4, 0.5) is 0 Å². The number of likely N-dealkylation sites (tertiary alicyclic amines) is 1. The molecule has 0 spiro atoms. The van der Waals surface area contributed by atoms with Gasteiger partial charge >= 0.3 is 0 Å². The summed E-state index contributed by atoms with van der Waals surface area (Å²) in [5, 5.41) is 7.36. The van der Waals surface area contributed by atoms with E-state index in [1.165, 1.54) is 12.8 Å². The van der Waals surface area contributed by atoms with Gasteiger partial charge in [0.2, 0.25) is 0 Å². The zero-order chi connectivity index (χ0) is 16.1. The van der Waals surface area contributed by atoms with Crippen molar-refractivity contribution in [2.45, 2.75) is 39.2 Å². The standard InChI is InChI=1S/C18H26N4O/c1-14(2)18-19-17(20-21-18)12-22-10-6-7-15(11-22)13-23-16-8-4-3-5-9-16/h3-5,8-9,14-15H,6-7,10-13H2,1-2H3,(H,19,20,21)/t15-/m0/s1. The van der Waals surface area contributed by atoms with Gasteiger partial charge in [-0.3, -0.25) is 10.00 Å². The van der Waals surface area contributed by atoms with Crippen molar-refractivity contribution in [2.24, 2.45) is 5.92 Å². The van der Waals surface area contributed by atoms with Crippen molar-refractivity contribution in [2.75, 3.05) is 19.7 Å². The second-order valence-corrected chi connectivity index (χ2v) is 6.66. The smallest absolute Gasteiger partial charge is 0.153 e. The van der Waals surface area contributed by atoms with E-state index >= 15 is 0 Å². The molecule has 0 radical (unpaired) electrons. The number of piperidine rings is 1. The molecule has 5 heteroatoms. The Balaban J connectivity index is 1.49. The SMILES string of the molecule is CC(C)c1n[nH]c(CN2CCC[C@H](COc3ccccc3)C2)n1. The lowest BCUT2D eigenvalue weighted by molar-refractivity contribution is 0.123. The van der Waals surface area contributed by atoms with Gasteiger partial charge in [-0.05, 0) is 31.5 Å². The van der Waals surface area contributed by atoms with Crippen molar-refractivity contribution >= 4 is 0 Å². The van der Waals surface area contributed by atoms with Crippen LogP contribution in [-0.2, 0) is 6.54 Å². The molecule has 1 fully saturated rings. The van der Waals surface area contributed by atoms with E-state index in [0.29, 0.717) is 11.8 Å². The van der Waals surface area contributed by atoms with E-state index in [9.17, 15) is 0 Å². The summed E-state index contributed by atoms with van der Waals surface area (Å²) in [4.78, 5) is 7.03. The number of benzene rings is 1. The van der Waals surface area contributed by atoms with Gasteiger partial charge in [0.05, 0.1) is 13.2 Å². The molecule has 0 amide bonds. The monoisotopic (exact) mass is 314 g/mol. The quantitative estimate of drug-likeness (QED) is 0.889. The molecule has 1 aromatic heterocycles. The molecule has 23 heavy (non-hydrogen) atoms. The molecule has 0 unspecified atom stereocenters. The highest BCUT2D eigenvalue weighted by molar-refractivity contribution is 5.20. The van der Waals surface area contributed by atoms with E-state index in [1.54, 1.807) is 0 Å². The lowest BCUT2D eigenvalue weighted by atomic mass is 9.99. The van der Waals surface area contributed by atoms with Gasteiger partial charge in [-0.15, -0.1) is 0 Å². The molecule has 3 rings (SSSR count). The molecule has 124 valence electrons. The molecule has 1 N–H and O–H groups in total. The van der Waals surface area contributed by atoms with Crippen LogP contribution in [0.2, 0.25) is 0 Å². The van der Waals surface area contributed by atoms with Crippen molar-refractivity contribution in [3.8, 4) is 5.75 Å². The maximum atomic E-state index is 5.92. The van der Waals surface area contributed by atoms with Crippen LogP contribution in [0.5, 0.6) is 5.75 Å². The molecule has 2 heterocycles. The van der Waals surface area contributed by atoms with Crippen molar-refractivity contribution in [1.82, 2.24) is 20.1 Å². The Hall–Kier alpha value is -1.88. The van der Waals surface area contributed by atoms with Gasteiger partial charge in [0.15, 0.2) is 5.82 Å². The van der Waals surface area contributed by atoms with Gasteiger partial charge in [0.25, 0.3) is 0 Å². The average molecular weight is 314 g/mol. The number of nitrogens with one attached hydrogen (secondary N) is 1. The van der Waals surface area contributed by atoms with Gasteiger partial charge in [-0.2, -0.15) is 5.10 Å². The summed E-state index contributed by atoms with van der Waals surface area (Å²) in [6, 6.07) is 10.1. The summed E-state index contributed by atoms with van der Waals surface area (Å²) in [5.41, 5.74) is 0. The normalized spacial score (nSPS) is 19.2. The second kappa shape index (κ2) is 7.59. The summed E-state index contributed by atoms with van der Waals surface area (Å²) < 4.78 is 5.92. The Labute approximate surface area is 138 Å². The first-order valence-corrected chi connectivity index (χ1v) is 8.52. The molecule has 1 saturated heterocycles. The van der Waals surface area contributed by atoms with Crippen LogP contribution in [0.25, 0.3) is 0 Å². The predicted octanol–water partition coefficient (Wildman–Crippen LogP) is 3.22. The Kier molecular flexibility index (Phi) is 5.28. The molecular weight excluding hydrogens is 288 g/mol. The van der Waals surface area contributed by atoms with Crippen LogP contribution in [0.3, 0.4) is 0 Å². The van der Waals surface area contributed by atoms with E-state index in [2.05, 4.69) is 33.9 Å². The molecule has 1 aliphatic heterocycles. The number of hydrogen-bond acceptors (Lipinski definition) is 4. The van der Waals surface area contributed by atoms with Crippen LogP contribution in [-0.4, -0.2) is 39.8 Å². The largest absolute Gasteiger partial charge is 0.493 e. The summed E-state index contributed by atoms with van der Waals surface area (Å²) >= 11 is 0. The minimum Gasteiger partial charge on any atom is -0.493 e. The van der Waals surface area contributed by atoms with Crippen molar-refractivity contribution in [3.63, 3.8) is 0 Å². The van der Waals surface area contributed by atoms with E-state index < -0.39 is 0 Å². The Bertz CT molecular complexity index is 596. The Morgan fingerprint density at radius 1 is 1.30 bits per heavy atom. The molecule has 0 saturated carbocycles. The maximum absolute atomic E-state index is 5.92. The van der Waals surface area contributed by atoms with Crippen molar-refractivity contribution in [3.05, 3.63) is 42.0 Å². The lowest BCUT2D eigenvalue weighted by Crippen LogP contribution is -2.37. The summed E-state index contributed by atoms with van der Waals surface area (Å²) in [7, 11) is 0. The molecule has 2 aromatic rings. The molecule has 5 nitrogen and oxygen atoms in total. The number of rotatable bonds is 6. The van der Waals surface area contributed by atoms with Gasteiger partial charge in [0.1, 0.15) is 11.6 Å². The molecular formula is C18H26N4O. The van der Waals surface area contributed by atoms with Crippen LogP contribution in [0.1, 0.15) is 44.3 Å². The van der Waals surface area contributed by atoms with Crippen molar-refractivity contribution < 1.29 is 4.74 Å². The number of aromatic amines is 1. The van der Waals surface area contributed by atoms with E-state index in [0.717, 1.165) is 43.6 Å². The average Bonchev–Trinajstić information content (AvgIpc) is 3.03. The third-order valence-electron chi connectivity index (χ3n) is 4.27. The molecule has 1 aliphatic rings. The third kappa shape index (κ3) is 4.55. The molecule has 1 aromatic carbocycles. The number of H-pyrrole nitrogens is 1. The first-order chi connectivity index (χ1) is 11.2. The fraction of sp³-hybridized carbons (Fsp3) is 0.556. The fourth-order valence-corrected chi connectivity index (χ4v) is 3.01. The summed E-state index contributed by atoms with van der Waals surface area (Å²) in [6.07, 6.45) is 2.45. The van der Waals surface area contributed by atoms with Crippen LogP contribution in [0.15, 0.2) is 30.3 Å². The lowest BCUT2D eigenvalue weighted by Gasteiger charge is -2.31. The minimum atomic E-state index is 0.369. The van der Waals surface area contributed by atoms with Gasteiger partial charge in [-0.1, -0.05) is 32.0 Å². The number of para-hydroxylation sites is 1. The molecule has 1 atom stereocenters. The maximum Gasteiger partial charge on any atom is 0.153 e. The summed E-state index contributed by atoms with van der Waals surface area (Å²) in [5.74, 6) is 3.78. The second-order valence-electron chi connectivity index (χ2n) is 6.66. The van der Waals surface area contributed by atoms with E-state index in [4.69, 9.17) is 4.74 Å². The van der Waals surface area contributed by atoms with E-state index in [1.807, 2.05) is 30.3 Å². The molecule has 0 bridgehead atoms. The van der Waals surface area contributed by atoms with E-state index in [-0.39, 0.29) is 0 Å². The topological polar surface area (TPSA) is 54.0 Å². The highest BCUT2D eigenvalue weighted by Gasteiger charge is 2.21. The first kappa shape index (κ1) is 16.0. The van der Waals surface area contributed by atoms with Gasteiger partial charge < -0.3 is 4.74 Å². The highest BCUT2D eigenvalue weighted by Crippen LogP contribution is 2.20. The fourth-order valence-electron chi connectivity index (χ4n) is 3.01. The van der Waals surface area contributed by atoms with Gasteiger partial charge in [-0.25, -0.2) is 4.98 Å². The third-order valence-corrected chi connectivity index (χ3v) is 4.27. The van der Waals surface area contributed by atoms with Crippen LogP contribution in [0, 0.1) is 5.92 Å². The highest BCUT2D eigenvalue weighted by atomic mass is 16.5. The Morgan fingerprint density at radius 2 is 2.13 bits per heavy atom. The first-order valence-electron chi connectivity index (χ1n) is 8.52. The minimum absolute atomic E-state index is 0.369. The summed E-state index contributed by atoms with van der Waals surface area (Å²) in [6.45, 7) is 8.05. The zero-order valence-corrected chi connectivity index (χ0v) is 14.0. The number of aromatic nitrogens is 3. The predicted molar refractivity (Wildman–Crippen MR) is 90.4 cm³/mol.